The van der Waals surface area contributed by atoms with Crippen LogP contribution in [0.2, 0.25) is 0 Å². The van der Waals surface area contributed by atoms with Crippen LogP contribution < -0.4 is 25.0 Å². The first kappa shape index (κ1) is 32.9. The number of nitrogens with one attached hydrogen (secondary N) is 2. The SMILES string of the molecule is CN[C@@](C)(OC(=O)C(F)(F)F)C(=O)N[C@H]1COc2ccc(C(F)(F)F)cc2N(Cc2c(OC)ccc3cc(Br)ccc23)C1=O. The Balaban J connectivity index is 1.79. The quantitative estimate of drug-likeness (QED) is 0.202. The maximum Gasteiger partial charge on any atom is 0.491 e. The molecule has 0 aromatic heterocycles. The van der Waals surface area contributed by atoms with E-state index in [9.17, 15) is 40.7 Å². The fraction of sp³-hybridized carbons (Fsp3) is 0.321. The highest BCUT2D eigenvalue weighted by atomic mass is 79.9. The Labute approximate surface area is 254 Å². The number of nitrogens with zero attached hydrogens (tertiary/aromatic N) is 1. The number of hydrogen-bond acceptors (Lipinski definition) is 7. The molecule has 9 nitrogen and oxygen atoms in total. The molecule has 0 saturated carbocycles. The van der Waals surface area contributed by atoms with E-state index in [0.717, 1.165) is 35.5 Å². The van der Waals surface area contributed by atoms with Crippen LogP contribution in [0.4, 0.5) is 32.0 Å². The van der Waals surface area contributed by atoms with Gasteiger partial charge in [-0.25, -0.2) is 4.79 Å². The number of ether oxygens (including phenoxy) is 3. The lowest BCUT2D eigenvalue weighted by Gasteiger charge is -2.31. The summed E-state index contributed by atoms with van der Waals surface area (Å²) in [6.07, 6.45) is -10.2. The second-order valence-electron chi connectivity index (χ2n) is 9.72. The molecule has 1 heterocycles. The summed E-state index contributed by atoms with van der Waals surface area (Å²) in [5, 5.41) is 5.68. The largest absolute Gasteiger partial charge is 0.496 e. The summed E-state index contributed by atoms with van der Waals surface area (Å²) >= 11 is 3.38. The van der Waals surface area contributed by atoms with Crippen LogP contribution in [0.1, 0.15) is 18.1 Å². The van der Waals surface area contributed by atoms with Gasteiger partial charge in [0.05, 0.1) is 24.9 Å². The highest BCUT2D eigenvalue weighted by molar-refractivity contribution is 9.10. The fourth-order valence-electron chi connectivity index (χ4n) is 4.45. The van der Waals surface area contributed by atoms with Crippen LogP contribution in [0, 0.1) is 0 Å². The molecule has 236 valence electrons. The summed E-state index contributed by atoms with van der Waals surface area (Å²) in [6, 6.07) is 9.43. The second-order valence-corrected chi connectivity index (χ2v) is 10.6. The van der Waals surface area contributed by atoms with Crippen LogP contribution in [-0.4, -0.2) is 56.5 Å². The summed E-state index contributed by atoms with van der Waals surface area (Å²) < 4.78 is 96.0. The topological polar surface area (TPSA) is 106 Å². The fourth-order valence-corrected chi connectivity index (χ4v) is 4.83. The predicted molar refractivity (Wildman–Crippen MR) is 148 cm³/mol. The standard InChI is InChI=1S/C28H24BrF6N3O6/c1-26(36-2,44-25(41)28(33,34)35)24(40)37-19-13-43-22-9-5-15(27(30,31)32)11-20(22)38(23(19)39)12-18-17-7-6-16(29)10-14(17)4-8-21(18)42-3/h4-11,19,36H,12-13H2,1-3H3,(H,37,40)/t19-,26-/m0/s1. The summed E-state index contributed by atoms with van der Waals surface area (Å²) in [5.41, 5.74) is -3.55. The Bertz CT molecular complexity index is 1620. The van der Waals surface area contributed by atoms with Gasteiger partial charge in [0, 0.05) is 10.0 Å². The molecule has 16 heteroatoms. The molecule has 0 saturated heterocycles. The molecule has 1 aliphatic rings. The van der Waals surface area contributed by atoms with Crippen molar-refractivity contribution in [1.82, 2.24) is 10.6 Å². The van der Waals surface area contributed by atoms with Gasteiger partial charge in [0.1, 0.15) is 24.1 Å². The zero-order chi connectivity index (χ0) is 32.6. The first-order valence-electron chi connectivity index (χ1n) is 12.7. The number of fused-ring (bicyclic) bond motifs is 2. The van der Waals surface area contributed by atoms with Crippen molar-refractivity contribution in [3.8, 4) is 11.5 Å². The monoisotopic (exact) mass is 691 g/mol. The normalized spacial score (nSPS) is 16.8. The first-order chi connectivity index (χ1) is 20.5. The predicted octanol–water partition coefficient (Wildman–Crippen LogP) is 5.08. The molecule has 1 aliphatic heterocycles. The number of hydrogen-bond donors (Lipinski definition) is 2. The number of carbonyl (C=O) groups excluding carboxylic acids is 3. The molecular weight excluding hydrogens is 668 g/mol. The van der Waals surface area contributed by atoms with E-state index < -0.39 is 54.1 Å². The zero-order valence-corrected chi connectivity index (χ0v) is 24.7. The second kappa shape index (κ2) is 12.1. The number of alkyl halides is 6. The first-order valence-corrected chi connectivity index (χ1v) is 13.5. The van der Waals surface area contributed by atoms with Crippen molar-refractivity contribution >= 4 is 50.2 Å². The van der Waals surface area contributed by atoms with Gasteiger partial charge in [0.25, 0.3) is 11.8 Å². The molecule has 0 spiro atoms. The number of anilines is 1. The minimum Gasteiger partial charge on any atom is -0.496 e. The molecule has 0 unspecified atom stereocenters. The lowest BCUT2D eigenvalue weighted by Crippen LogP contribution is -2.62. The van der Waals surface area contributed by atoms with E-state index >= 15 is 0 Å². The maximum atomic E-state index is 14.0. The van der Waals surface area contributed by atoms with E-state index in [-0.39, 0.29) is 18.0 Å². The molecule has 0 aliphatic carbocycles. The molecule has 0 radical (unpaired) electrons. The summed E-state index contributed by atoms with van der Waals surface area (Å²) in [4.78, 5) is 39.5. The van der Waals surface area contributed by atoms with Gasteiger partial charge in [0.15, 0.2) is 0 Å². The van der Waals surface area contributed by atoms with Crippen molar-refractivity contribution in [2.75, 3.05) is 25.7 Å². The minimum atomic E-state index is -5.43. The minimum absolute atomic E-state index is 0.134. The van der Waals surface area contributed by atoms with Crippen molar-refractivity contribution in [1.29, 1.82) is 0 Å². The van der Waals surface area contributed by atoms with Crippen molar-refractivity contribution < 1.29 is 54.9 Å². The number of methoxy groups -OCH3 is 1. The van der Waals surface area contributed by atoms with Gasteiger partial charge in [-0.1, -0.05) is 28.1 Å². The maximum absolute atomic E-state index is 14.0. The molecule has 0 fully saturated rings. The number of esters is 1. The van der Waals surface area contributed by atoms with E-state index in [1.807, 2.05) is 0 Å². The lowest BCUT2D eigenvalue weighted by molar-refractivity contribution is -0.215. The molecule has 3 aromatic rings. The molecule has 2 amide bonds. The van der Waals surface area contributed by atoms with Gasteiger partial charge in [-0.15, -0.1) is 0 Å². The number of halogens is 7. The van der Waals surface area contributed by atoms with E-state index in [1.165, 1.54) is 7.11 Å². The molecule has 44 heavy (non-hydrogen) atoms. The highest BCUT2D eigenvalue weighted by Gasteiger charge is 2.48. The third kappa shape index (κ3) is 6.70. The average molecular weight is 692 g/mol. The van der Waals surface area contributed by atoms with Gasteiger partial charge in [0.2, 0.25) is 5.72 Å². The van der Waals surface area contributed by atoms with E-state index in [2.05, 4.69) is 31.3 Å². The molecular formula is C28H24BrF6N3O6. The third-order valence-corrected chi connectivity index (χ3v) is 7.37. The van der Waals surface area contributed by atoms with Crippen LogP contribution in [0.3, 0.4) is 0 Å². The van der Waals surface area contributed by atoms with Crippen molar-refractivity contribution in [3.63, 3.8) is 0 Å². The van der Waals surface area contributed by atoms with Gasteiger partial charge in [-0.05, 0) is 61.1 Å². The Morgan fingerprint density at radius 2 is 1.77 bits per heavy atom. The molecule has 2 atom stereocenters. The van der Waals surface area contributed by atoms with Crippen LogP contribution >= 0.6 is 15.9 Å². The number of benzene rings is 3. The van der Waals surface area contributed by atoms with Crippen molar-refractivity contribution in [2.45, 2.75) is 37.6 Å². The summed E-state index contributed by atoms with van der Waals surface area (Å²) in [6.45, 7) is -0.154. The number of likely N-dealkylation sites (N-methyl/N-ethyl adjacent to an activating group) is 1. The molecule has 3 aromatic carbocycles. The Morgan fingerprint density at radius 3 is 2.39 bits per heavy atom. The van der Waals surface area contributed by atoms with Gasteiger partial charge in [-0.2, -0.15) is 26.3 Å². The molecule has 4 rings (SSSR count). The Morgan fingerprint density at radius 1 is 1.07 bits per heavy atom. The number of amides is 2. The van der Waals surface area contributed by atoms with Crippen molar-refractivity contribution in [2.24, 2.45) is 0 Å². The van der Waals surface area contributed by atoms with Crippen molar-refractivity contribution in [3.05, 3.63) is 64.1 Å². The number of rotatable bonds is 7. The summed E-state index contributed by atoms with van der Waals surface area (Å²) in [5.74, 6) is -4.82. The van der Waals surface area contributed by atoms with E-state index in [1.54, 1.807) is 30.3 Å². The van der Waals surface area contributed by atoms with Crippen LogP contribution in [0.25, 0.3) is 10.8 Å². The Kier molecular flexibility index (Phi) is 9.07. The smallest absolute Gasteiger partial charge is 0.491 e. The van der Waals surface area contributed by atoms with Gasteiger partial charge < -0.3 is 24.4 Å². The van der Waals surface area contributed by atoms with E-state index in [0.29, 0.717) is 28.2 Å². The molecule has 0 bridgehead atoms. The van der Waals surface area contributed by atoms with E-state index in [4.69, 9.17) is 9.47 Å². The van der Waals surface area contributed by atoms with Crippen LogP contribution in [-0.2, 0) is 31.8 Å². The molecule has 2 N–H and O–H groups in total. The summed E-state index contributed by atoms with van der Waals surface area (Å²) in [7, 11) is 2.41. The van der Waals surface area contributed by atoms with Crippen LogP contribution in [0.5, 0.6) is 11.5 Å². The van der Waals surface area contributed by atoms with Crippen LogP contribution in [0.15, 0.2) is 53.0 Å². The lowest BCUT2D eigenvalue weighted by atomic mass is 10.0. The highest BCUT2D eigenvalue weighted by Crippen LogP contribution is 2.40. The third-order valence-electron chi connectivity index (χ3n) is 6.88. The van der Waals surface area contributed by atoms with Gasteiger partial charge >= 0.3 is 18.3 Å². The average Bonchev–Trinajstić information content (AvgIpc) is 3.07. The Hall–Kier alpha value is -4.05. The number of carbonyl (C=O) groups is 3. The zero-order valence-electron chi connectivity index (χ0n) is 23.2. The van der Waals surface area contributed by atoms with Gasteiger partial charge in [-0.3, -0.25) is 14.9 Å².